The molecule has 0 fully saturated rings. The summed E-state index contributed by atoms with van der Waals surface area (Å²) >= 11 is 0. The van der Waals surface area contributed by atoms with E-state index in [1.807, 2.05) is 51.1 Å². The second-order valence-corrected chi connectivity index (χ2v) is 10.5. The lowest BCUT2D eigenvalue weighted by Gasteiger charge is -2.33. The fourth-order valence-electron chi connectivity index (χ4n) is 3.87. The third kappa shape index (κ3) is 7.58. The Labute approximate surface area is 204 Å². The summed E-state index contributed by atoms with van der Waals surface area (Å²) in [5.74, 6) is -0.647. The Hall–Kier alpha value is -2.87. The molecule has 186 valence electrons. The van der Waals surface area contributed by atoms with Crippen LogP contribution in [0.4, 0.5) is 5.69 Å². The highest BCUT2D eigenvalue weighted by Gasteiger charge is 2.31. The van der Waals surface area contributed by atoms with E-state index < -0.39 is 22.0 Å². The highest BCUT2D eigenvalue weighted by molar-refractivity contribution is 7.92. The van der Waals surface area contributed by atoms with E-state index in [1.165, 1.54) is 4.90 Å². The fourth-order valence-corrected chi connectivity index (χ4v) is 4.78. The lowest BCUT2D eigenvalue weighted by Crippen LogP contribution is -2.52. The molecule has 0 bridgehead atoms. The maximum absolute atomic E-state index is 13.6. The summed E-state index contributed by atoms with van der Waals surface area (Å²) in [6.07, 6.45) is 3.30. The molecule has 0 unspecified atom stereocenters. The normalized spacial score (nSPS) is 12.1. The zero-order valence-electron chi connectivity index (χ0n) is 20.9. The zero-order chi connectivity index (χ0) is 25.3. The van der Waals surface area contributed by atoms with Gasteiger partial charge in [0.05, 0.1) is 11.9 Å². The van der Waals surface area contributed by atoms with Crippen molar-refractivity contribution in [2.75, 3.05) is 23.7 Å². The molecule has 1 N–H and O–H groups in total. The standard InChI is InChI=1S/C26H37N3O4S/c1-6-8-16-27-26(31)23(7-2)28(18-22-14-11-12-20(3)17-22)25(30)19-29(34(5,32)33)24-15-10-9-13-21(24)4/h9-15,17,23H,6-8,16,18-19H2,1-5H3,(H,27,31)/t23-/m0/s1. The Morgan fingerprint density at radius 2 is 1.74 bits per heavy atom. The van der Waals surface area contributed by atoms with E-state index in [1.54, 1.807) is 25.1 Å². The van der Waals surface area contributed by atoms with Gasteiger partial charge in [-0.05, 0) is 43.9 Å². The van der Waals surface area contributed by atoms with Crippen molar-refractivity contribution in [1.29, 1.82) is 0 Å². The summed E-state index contributed by atoms with van der Waals surface area (Å²) in [6.45, 7) is 8.04. The first-order chi connectivity index (χ1) is 16.1. The molecule has 1 atom stereocenters. The van der Waals surface area contributed by atoms with E-state index in [2.05, 4.69) is 5.32 Å². The maximum atomic E-state index is 13.6. The predicted molar refractivity (Wildman–Crippen MR) is 137 cm³/mol. The highest BCUT2D eigenvalue weighted by atomic mass is 32.2. The van der Waals surface area contributed by atoms with Crippen molar-refractivity contribution in [3.63, 3.8) is 0 Å². The molecule has 2 amide bonds. The smallest absolute Gasteiger partial charge is 0.244 e. The summed E-state index contributed by atoms with van der Waals surface area (Å²) in [5, 5.41) is 2.93. The number of benzene rings is 2. The van der Waals surface area contributed by atoms with Gasteiger partial charge < -0.3 is 10.2 Å². The number of para-hydroxylation sites is 1. The lowest BCUT2D eigenvalue weighted by atomic mass is 10.1. The van der Waals surface area contributed by atoms with Gasteiger partial charge in [-0.15, -0.1) is 0 Å². The minimum absolute atomic E-state index is 0.214. The van der Waals surface area contributed by atoms with Crippen molar-refractivity contribution in [1.82, 2.24) is 10.2 Å². The summed E-state index contributed by atoms with van der Waals surface area (Å²) in [7, 11) is -3.73. The first-order valence-corrected chi connectivity index (χ1v) is 13.6. The predicted octanol–water partition coefficient (Wildman–Crippen LogP) is 3.79. The van der Waals surface area contributed by atoms with E-state index in [0.717, 1.165) is 40.1 Å². The van der Waals surface area contributed by atoms with Crippen molar-refractivity contribution >= 4 is 27.5 Å². The highest BCUT2D eigenvalue weighted by Crippen LogP contribution is 2.23. The number of unbranched alkanes of at least 4 members (excludes halogenated alkanes) is 1. The minimum Gasteiger partial charge on any atom is -0.354 e. The van der Waals surface area contributed by atoms with Crippen LogP contribution in [0.5, 0.6) is 0 Å². The monoisotopic (exact) mass is 487 g/mol. The van der Waals surface area contributed by atoms with Crippen molar-refractivity contribution in [3.05, 3.63) is 65.2 Å². The van der Waals surface area contributed by atoms with Crippen LogP contribution in [0.1, 0.15) is 49.8 Å². The van der Waals surface area contributed by atoms with Gasteiger partial charge in [-0.1, -0.05) is 68.3 Å². The average Bonchev–Trinajstić information content (AvgIpc) is 2.77. The molecule has 0 radical (unpaired) electrons. The first-order valence-electron chi connectivity index (χ1n) is 11.7. The number of hydrogen-bond acceptors (Lipinski definition) is 4. The SMILES string of the molecule is CCCCNC(=O)[C@H](CC)N(Cc1cccc(C)c1)C(=O)CN(c1ccccc1C)S(C)(=O)=O. The van der Waals surface area contributed by atoms with Gasteiger partial charge in [0.2, 0.25) is 21.8 Å². The number of hydrogen-bond donors (Lipinski definition) is 1. The number of nitrogens with zero attached hydrogens (tertiary/aromatic N) is 2. The van der Waals surface area contributed by atoms with Crippen molar-refractivity contribution in [2.24, 2.45) is 0 Å². The average molecular weight is 488 g/mol. The molecule has 2 aromatic carbocycles. The summed E-state index contributed by atoms with van der Waals surface area (Å²) in [5.41, 5.74) is 3.13. The number of carbonyl (C=O) groups is 2. The summed E-state index contributed by atoms with van der Waals surface area (Å²) in [6, 6.07) is 14.1. The lowest BCUT2D eigenvalue weighted by molar-refractivity contribution is -0.140. The number of nitrogens with one attached hydrogen (secondary N) is 1. The Morgan fingerprint density at radius 1 is 1.03 bits per heavy atom. The quantitative estimate of drug-likeness (QED) is 0.462. The van der Waals surface area contributed by atoms with Crippen LogP contribution in [0.3, 0.4) is 0 Å². The first kappa shape index (κ1) is 27.4. The summed E-state index contributed by atoms with van der Waals surface area (Å²) < 4.78 is 26.5. The van der Waals surface area contributed by atoms with Crippen molar-refractivity contribution in [2.45, 2.75) is 59.5 Å². The Morgan fingerprint density at radius 3 is 2.32 bits per heavy atom. The maximum Gasteiger partial charge on any atom is 0.244 e. The number of rotatable bonds is 12. The number of anilines is 1. The van der Waals surface area contributed by atoms with Gasteiger partial charge in [-0.2, -0.15) is 0 Å². The van der Waals surface area contributed by atoms with Gasteiger partial charge in [-0.3, -0.25) is 13.9 Å². The Kier molecular flexibility index (Phi) is 10.1. The molecule has 0 aliphatic carbocycles. The van der Waals surface area contributed by atoms with Gasteiger partial charge in [0.15, 0.2) is 0 Å². The van der Waals surface area contributed by atoms with Crippen LogP contribution in [0.2, 0.25) is 0 Å². The number of carbonyl (C=O) groups excluding carboxylic acids is 2. The van der Waals surface area contributed by atoms with E-state index in [-0.39, 0.29) is 19.0 Å². The topological polar surface area (TPSA) is 86.8 Å². The molecule has 0 saturated carbocycles. The molecule has 0 aliphatic rings. The van der Waals surface area contributed by atoms with Crippen LogP contribution >= 0.6 is 0 Å². The molecule has 0 aromatic heterocycles. The molecule has 2 rings (SSSR count). The zero-order valence-corrected chi connectivity index (χ0v) is 21.7. The molecular formula is C26H37N3O4S. The van der Waals surface area contributed by atoms with Gasteiger partial charge >= 0.3 is 0 Å². The van der Waals surface area contributed by atoms with Crippen molar-refractivity contribution in [3.8, 4) is 0 Å². The Bertz CT molecular complexity index is 1080. The molecule has 0 saturated heterocycles. The van der Waals surface area contributed by atoms with Gasteiger partial charge in [0.25, 0.3) is 0 Å². The van der Waals surface area contributed by atoms with Gasteiger partial charge in [0, 0.05) is 13.1 Å². The van der Waals surface area contributed by atoms with Crippen molar-refractivity contribution < 1.29 is 18.0 Å². The van der Waals surface area contributed by atoms with Gasteiger partial charge in [-0.25, -0.2) is 8.42 Å². The molecule has 2 aromatic rings. The van der Waals surface area contributed by atoms with Crippen LogP contribution in [0.25, 0.3) is 0 Å². The third-order valence-corrected chi connectivity index (χ3v) is 6.84. The molecule has 0 heterocycles. The van der Waals surface area contributed by atoms with Crippen LogP contribution in [0.15, 0.2) is 48.5 Å². The third-order valence-electron chi connectivity index (χ3n) is 5.71. The molecule has 34 heavy (non-hydrogen) atoms. The van der Waals surface area contributed by atoms with Crippen LogP contribution in [0, 0.1) is 13.8 Å². The number of amides is 2. The van der Waals surface area contributed by atoms with Gasteiger partial charge in [0.1, 0.15) is 12.6 Å². The van der Waals surface area contributed by atoms with Crippen LogP contribution in [-0.2, 0) is 26.2 Å². The molecular weight excluding hydrogens is 450 g/mol. The fraction of sp³-hybridized carbons (Fsp3) is 0.462. The summed E-state index contributed by atoms with van der Waals surface area (Å²) in [4.78, 5) is 28.2. The number of aryl methyl sites for hydroxylation is 2. The number of sulfonamides is 1. The second-order valence-electron chi connectivity index (χ2n) is 8.64. The van der Waals surface area contributed by atoms with Crippen LogP contribution in [-0.4, -0.2) is 50.5 Å². The van der Waals surface area contributed by atoms with E-state index >= 15 is 0 Å². The molecule has 7 nitrogen and oxygen atoms in total. The molecule has 0 aliphatic heterocycles. The van der Waals surface area contributed by atoms with Crippen LogP contribution < -0.4 is 9.62 Å². The second kappa shape index (κ2) is 12.6. The largest absolute Gasteiger partial charge is 0.354 e. The van der Waals surface area contributed by atoms with E-state index in [4.69, 9.17) is 0 Å². The minimum atomic E-state index is -3.73. The molecule has 8 heteroatoms. The Balaban J connectivity index is 2.41. The molecule has 0 spiro atoms. The van der Waals surface area contributed by atoms with E-state index in [0.29, 0.717) is 18.7 Å². The van der Waals surface area contributed by atoms with E-state index in [9.17, 15) is 18.0 Å².